The normalized spacial score (nSPS) is 16.1. The van der Waals surface area contributed by atoms with E-state index in [9.17, 15) is 4.79 Å². The highest BCUT2D eigenvalue weighted by Crippen LogP contribution is 2.28. The highest BCUT2D eigenvalue weighted by atomic mass is 16.5. The number of aliphatic carboxylic acids is 1. The summed E-state index contributed by atoms with van der Waals surface area (Å²) in [6, 6.07) is 0. The van der Waals surface area contributed by atoms with E-state index in [1.807, 2.05) is 0 Å². The lowest BCUT2D eigenvalue weighted by atomic mass is 9.96. The van der Waals surface area contributed by atoms with Crippen molar-refractivity contribution in [3.05, 3.63) is 17.1 Å². The molecule has 17 heavy (non-hydrogen) atoms. The van der Waals surface area contributed by atoms with E-state index in [4.69, 9.17) is 9.84 Å². The molecule has 0 saturated carbocycles. The first-order valence-corrected chi connectivity index (χ1v) is 5.80. The minimum absolute atomic E-state index is 0.343. The molecule has 92 valence electrons. The molecule has 1 heterocycles. The zero-order chi connectivity index (χ0) is 12.4. The lowest BCUT2D eigenvalue weighted by Crippen LogP contribution is -2.17. The fourth-order valence-corrected chi connectivity index (χ4v) is 2.05. The number of aromatic nitrogens is 2. The van der Waals surface area contributed by atoms with E-state index in [0.29, 0.717) is 11.7 Å². The average molecular weight is 236 g/mol. The van der Waals surface area contributed by atoms with Crippen molar-refractivity contribution < 1.29 is 14.6 Å². The van der Waals surface area contributed by atoms with Crippen molar-refractivity contribution >= 4 is 5.97 Å². The molecule has 1 aromatic heterocycles. The summed E-state index contributed by atoms with van der Waals surface area (Å²) in [5, 5.41) is 8.98. The van der Waals surface area contributed by atoms with Crippen LogP contribution in [-0.2, 0) is 17.6 Å². The Morgan fingerprint density at radius 3 is 2.71 bits per heavy atom. The lowest BCUT2D eigenvalue weighted by Gasteiger charge is -2.18. The summed E-state index contributed by atoms with van der Waals surface area (Å²) in [7, 11) is 1.56. The van der Waals surface area contributed by atoms with Gasteiger partial charge in [-0.2, -0.15) is 4.98 Å². The maximum absolute atomic E-state index is 10.9. The number of carbonyl (C=O) groups is 1. The molecule has 0 spiro atoms. The Hall–Kier alpha value is -1.65. The SMILES string of the molecule is COc1nc(C(C)C(=O)O)nc2c1CCCC2. The Bertz CT molecular complexity index is 428. The first-order valence-electron chi connectivity index (χ1n) is 5.80. The van der Waals surface area contributed by atoms with Crippen molar-refractivity contribution in [2.24, 2.45) is 0 Å². The van der Waals surface area contributed by atoms with Crippen LogP contribution < -0.4 is 4.74 Å². The Balaban J connectivity index is 2.46. The summed E-state index contributed by atoms with van der Waals surface area (Å²) in [6.45, 7) is 1.59. The van der Waals surface area contributed by atoms with Crippen molar-refractivity contribution in [1.29, 1.82) is 0 Å². The zero-order valence-electron chi connectivity index (χ0n) is 10.1. The van der Waals surface area contributed by atoms with E-state index < -0.39 is 11.9 Å². The third-order valence-electron chi connectivity index (χ3n) is 3.11. The minimum Gasteiger partial charge on any atom is -0.481 e. The zero-order valence-corrected chi connectivity index (χ0v) is 10.1. The van der Waals surface area contributed by atoms with Gasteiger partial charge in [0.05, 0.1) is 12.8 Å². The predicted molar refractivity (Wildman–Crippen MR) is 61.3 cm³/mol. The summed E-state index contributed by atoms with van der Waals surface area (Å²) >= 11 is 0. The fourth-order valence-electron chi connectivity index (χ4n) is 2.05. The number of rotatable bonds is 3. The second-order valence-electron chi connectivity index (χ2n) is 4.28. The van der Waals surface area contributed by atoms with Gasteiger partial charge in [-0.1, -0.05) is 0 Å². The minimum atomic E-state index is -0.914. The van der Waals surface area contributed by atoms with Crippen LogP contribution >= 0.6 is 0 Å². The summed E-state index contributed by atoms with van der Waals surface area (Å²) in [5.41, 5.74) is 1.99. The summed E-state index contributed by atoms with van der Waals surface area (Å²) in [6.07, 6.45) is 4.00. The quantitative estimate of drug-likeness (QED) is 0.862. The molecule has 0 radical (unpaired) electrons. The van der Waals surface area contributed by atoms with Crippen LogP contribution in [0.25, 0.3) is 0 Å². The second kappa shape index (κ2) is 4.69. The smallest absolute Gasteiger partial charge is 0.313 e. The van der Waals surface area contributed by atoms with Gasteiger partial charge in [0.2, 0.25) is 5.88 Å². The van der Waals surface area contributed by atoms with Crippen LogP contribution in [0.3, 0.4) is 0 Å². The van der Waals surface area contributed by atoms with Crippen molar-refractivity contribution in [3.8, 4) is 5.88 Å². The lowest BCUT2D eigenvalue weighted by molar-refractivity contribution is -0.138. The molecule has 1 aliphatic carbocycles. The summed E-state index contributed by atoms with van der Waals surface area (Å²) in [4.78, 5) is 19.5. The molecular formula is C12H16N2O3. The van der Waals surface area contributed by atoms with Crippen LogP contribution in [0, 0.1) is 0 Å². The van der Waals surface area contributed by atoms with E-state index in [2.05, 4.69) is 9.97 Å². The molecule has 0 aliphatic heterocycles. The monoisotopic (exact) mass is 236 g/mol. The van der Waals surface area contributed by atoms with Gasteiger partial charge in [-0.05, 0) is 32.6 Å². The number of hydrogen-bond acceptors (Lipinski definition) is 4. The Kier molecular flexibility index (Phi) is 3.26. The van der Waals surface area contributed by atoms with Crippen molar-refractivity contribution in [1.82, 2.24) is 9.97 Å². The third-order valence-corrected chi connectivity index (χ3v) is 3.11. The van der Waals surface area contributed by atoms with Gasteiger partial charge in [-0.3, -0.25) is 4.79 Å². The van der Waals surface area contributed by atoms with Crippen LogP contribution in [-0.4, -0.2) is 28.2 Å². The van der Waals surface area contributed by atoms with Gasteiger partial charge in [0, 0.05) is 5.56 Å². The highest BCUT2D eigenvalue weighted by Gasteiger charge is 2.23. The van der Waals surface area contributed by atoms with Crippen LogP contribution in [0.2, 0.25) is 0 Å². The first-order chi connectivity index (χ1) is 8.13. The van der Waals surface area contributed by atoms with Gasteiger partial charge in [0.15, 0.2) is 0 Å². The number of ether oxygens (including phenoxy) is 1. The maximum Gasteiger partial charge on any atom is 0.313 e. The number of aryl methyl sites for hydroxylation is 1. The van der Waals surface area contributed by atoms with Gasteiger partial charge in [0.25, 0.3) is 0 Å². The molecular weight excluding hydrogens is 220 g/mol. The molecule has 1 unspecified atom stereocenters. The number of carboxylic acids is 1. The molecule has 1 aliphatic rings. The van der Waals surface area contributed by atoms with Gasteiger partial charge >= 0.3 is 5.97 Å². The van der Waals surface area contributed by atoms with Crippen LogP contribution in [0.4, 0.5) is 0 Å². The number of nitrogens with zero attached hydrogens (tertiary/aromatic N) is 2. The molecule has 0 amide bonds. The molecule has 0 aromatic carbocycles. The second-order valence-corrected chi connectivity index (χ2v) is 4.28. The number of hydrogen-bond donors (Lipinski definition) is 1. The molecule has 2 rings (SSSR count). The largest absolute Gasteiger partial charge is 0.481 e. The molecule has 1 aromatic rings. The van der Waals surface area contributed by atoms with Crippen molar-refractivity contribution in [2.75, 3.05) is 7.11 Å². The van der Waals surface area contributed by atoms with E-state index in [0.717, 1.165) is 36.9 Å². The Morgan fingerprint density at radius 2 is 2.06 bits per heavy atom. The highest BCUT2D eigenvalue weighted by molar-refractivity contribution is 5.74. The molecule has 5 nitrogen and oxygen atoms in total. The van der Waals surface area contributed by atoms with E-state index in [-0.39, 0.29) is 0 Å². The molecule has 1 atom stereocenters. The maximum atomic E-state index is 10.9. The standard InChI is InChI=1S/C12H16N2O3/c1-7(12(15)16)10-13-9-6-4-3-5-8(9)11(14-10)17-2/h7H,3-6H2,1-2H3,(H,15,16). The average Bonchev–Trinajstić information content (AvgIpc) is 2.36. The molecule has 5 heteroatoms. The van der Waals surface area contributed by atoms with Gasteiger partial charge in [0.1, 0.15) is 11.7 Å². The molecule has 0 bridgehead atoms. The van der Waals surface area contributed by atoms with Crippen LogP contribution in [0.5, 0.6) is 5.88 Å². The molecule has 0 saturated heterocycles. The number of fused-ring (bicyclic) bond motifs is 1. The fraction of sp³-hybridized carbons (Fsp3) is 0.583. The van der Waals surface area contributed by atoms with Crippen molar-refractivity contribution in [3.63, 3.8) is 0 Å². The van der Waals surface area contributed by atoms with Crippen LogP contribution in [0.15, 0.2) is 0 Å². The van der Waals surface area contributed by atoms with Crippen molar-refractivity contribution in [2.45, 2.75) is 38.5 Å². The Morgan fingerprint density at radius 1 is 1.35 bits per heavy atom. The van der Waals surface area contributed by atoms with Crippen LogP contribution in [0.1, 0.15) is 42.8 Å². The van der Waals surface area contributed by atoms with Gasteiger partial charge < -0.3 is 9.84 Å². The van der Waals surface area contributed by atoms with Gasteiger partial charge in [-0.25, -0.2) is 4.98 Å². The predicted octanol–water partition coefficient (Wildman–Crippen LogP) is 1.55. The van der Waals surface area contributed by atoms with E-state index in [1.165, 1.54) is 0 Å². The first kappa shape index (κ1) is 11.8. The number of methoxy groups -OCH3 is 1. The summed E-state index contributed by atoms with van der Waals surface area (Å²) < 4.78 is 5.24. The summed E-state index contributed by atoms with van der Waals surface area (Å²) in [5.74, 6) is -0.730. The molecule has 0 fully saturated rings. The topological polar surface area (TPSA) is 72.3 Å². The molecule has 1 N–H and O–H groups in total. The number of carboxylic acid groups (broad SMARTS) is 1. The van der Waals surface area contributed by atoms with E-state index in [1.54, 1.807) is 14.0 Å². The Labute approximate surface area is 99.9 Å². The van der Waals surface area contributed by atoms with E-state index >= 15 is 0 Å². The van der Waals surface area contributed by atoms with Gasteiger partial charge in [-0.15, -0.1) is 0 Å². The third kappa shape index (κ3) is 2.23.